The molecule has 0 unspecified atom stereocenters. The van der Waals surface area contributed by atoms with Gasteiger partial charge in [-0.2, -0.15) is 0 Å². The number of amides is 1. The van der Waals surface area contributed by atoms with Crippen LogP contribution in [0.25, 0.3) is 0 Å². The van der Waals surface area contributed by atoms with Gasteiger partial charge in [0, 0.05) is 6.42 Å². The summed E-state index contributed by atoms with van der Waals surface area (Å²) in [6.07, 6.45) is -0.386. The molecule has 1 amide bonds. The summed E-state index contributed by atoms with van der Waals surface area (Å²) in [4.78, 5) is 23.4. The van der Waals surface area contributed by atoms with Gasteiger partial charge in [0.1, 0.15) is 17.4 Å². The number of alkyl carbamates (subject to hydrolysis) is 1. The van der Waals surface area contributed by atoms with Crippen molar-refractivity contribution in [1.29, 1.82) is 0 Å². The van der Waals surface area contributed by atoms with Gasteiger partial charge in [-0.25, -0.2) is 9.59 Å². The number of hydrogen-bond donors (Lipinski definition) is 1. The SMILES string of the molecule is COC(=O)[C@H](CCOc1ccccc1)NC(=O)OC(C)(C)C. The van der Waals surface area contributed by atoms with Crippen LogP contribution in [0.1, 0.15) is 27.2 Å². The van der Waals surface area contributed by atoms with Crippen LogP contribution >= 0.6 is 0 Å². The van der Waals surface area contributed by atoms with E-state index in [1.807, 2.05) is 30.3 Å². The van der Waals surface area contributed by atoms with E-state index in [1.54, 1.807) is 20.8 Å². The molecule has 6 nitrogen and oxygen atoms in total. The molecule has 0 aromatic heterocycles. The molecule has 122 valence electrons. The monoisotopic (exact) mass is 309 g/mol. The maximum atomic E-state index is 11.7. The number of methoxy groups -OCH3 is 1. The molecular weight excluding hydrogens is 286 g/mol. The van der Waals surface area contributed by atoms with E-state index in [-0.39, 0.29) is 13.0 Å². The van der Waals surface area contributed by atoms with Crippen LogP contribution in [-0.4, -0.2) is 37.4 Å². The summed E-state index contributed by atoms with van der Waals surface area (Å²) in [5, 5.41) is 2.49. The minimum absolute atomic E-state index is 0.263. The van der Waals surface area contributed by atoms with Gasteiger partial charge >= 0.3 is 12.1 Å². The van der Waals surface area contributed by atoms with Crippen molar-refractivity contribution in [2.75, 3.05) is 13.7 Å². The fourth-order valence-corrected chi connectivity index (χ4v) is 1.65. The Bertz CT molecular complexity index is 481. The minimum atomic E-state index is -0.816. The fourth-order valence-electron chi connectivity index (χ4n) is 1.65. The molecule has 0 fully saturated rings. The van der Waals surface area contributed by atoms with Crippen molar-refractivity contribution in [1.82, 2.24) is 5.32 Å². The van der Waals surface area contributed by atoms with Crippen LogP contribution in [0.3, 0.4) is 0 Å². The molecule has 1 atom stereocenters. The lowest BCUT2D eigenvalue weighted by Gasteiger charge is -2.22. The van der Waals surface area contributed by atoms with Gasteiger partial charge in [-0.15, -0.1) is 0 Å². The first-order valence-corrected chi connectivity index (χ1v) is 7.07. The number of rotatable bonds is 6. The van der Waals surface area contributed by atoms with Crippen molar-refractivity contribution in [2.45, 2.75) is 38.8 Å². The molecule has 0 saturated carbocycles. The van der Waals surface area contributed by atoms with E-state index in [4.69, 9.17) is 9.47 Å². The first-order chi connectivity index (χ1) is 10.3. The first kappa shape index (κ1) is 17.8. The van der Waals surface area contributed by atoms with Crippen LogP contribution in [0.5, 0.6) is 5.75 Å². The number of carbonyl (C=O) groups excluding carboxylic acids is 2. The molecule has 1 rings (SSSR count). The van der Waals surface area contributed by atoms with Crippen LogP contribution in [-0.2, 0) is 14.3 Å². The molecule has 0 radical (unpaired) electrons. The highest BCUT2D eigenvalue weighted by molar-refractivity contribution is 5.81. The van der Waals surface area contributed by atoms with Crippen molar-refractivity contribution in [2.24, 2.45) is 0 Å². The average molecular weight is 309 g/mol. The summed E-state index contributed by atoms with van der Waals surface area (Å²) in [7, 11) is 1.27. The Hall–Kier alpha value is -2.24. The summed E-state index contributed by atoms with van der Waals surface area (Å²) >= 11 is 0. The van der Waals surface area contributed by atoms with Crippen LogP contribution < -0.4 is 10.1 Å². The fraction of sp³-hybridized carbons (Fsp3) is 0.500. The molecule has 0 aliphatic rings. The molecule has 0 heterocycles. The number of carbonyl (C=O) groups is 2. The zero-order valence-corrected chi connectivity index (χ0v) is 13.4. The van der Waals surface area contributed by atoms with Gasteiger partial charge in [0.15, 0.2) is 0 Å². The van der Waals surface area contributed by atoms with Crippen molar-refractivity contribution in [3.05, 3.63) is 30.3 Å². The van der Waals surface area contributed by atoms with Crippen LogP contribution in [0.15, 0.2) is 30.3 Å². The van der Waals surface area contributed by atoms with Crippen LogP contribution in [0, 0.1) is 0 Å². The number of para-hydroxylation sites is 1. The largest absolute Gasteiger partial charge is 0.494 e. The number of benzene rings is 1. The molecular formula is C16H23NO5. The molecule has 0 bridgehead atoms. The second-order valence-electron chi connectivity index (χ2n) is 5.67. The van der Waals surface area contributed by atoms with Crippen molar-refractivity contribution >= 4 is 12.1 Å². The Morgan fingerprint density at radius 3 is 2.36 bits per heavy atom. The molecule has 0 aliphatic carbocycles. The maximum Gasteiger partial charge on any atom is 0.408 e. The third-order valence-corrected chi connectivity index (χ3v) is 2.60. The van der Waals surface area contributed by atoms with Crippen molar-refractivity contribution < 1.29 is 23.8 Å². The van der Waals surface area contributed by atoms with Gasteiger partial charge in [0.25, 0.3) is 0 Å². The van der Waals surface area contributed by atoms with Crippen LogP contribution in [0.4, 0.5) is 4.79 Å². The highest BCUT2D eigenvalue weighted by Gasteiger charge is 2.24. The first-order valence-electron chi connectivity index (χ1n) is 7.07. The molecule has 1 aromatic carbocycles. The van der Waals surface area contributed by atoms with Gasteiger partial charge in [-0.05, 0) is 32.9 Å². The van der Waals surface area contributed by atoms with Crippen LogP contribution in [0.2, 0.25) is 0 Å². The van der Waals surface area contributed by atoms with E-state index in [0.717, 1.165) is 0 Å². The summed E-state index contributed by atoms with van der Waals surface area (Å²) in [6, 6.07) is 8.40. The second-order valence-corrected chi connectivity index (χ2v) is 5.67. The highest BCUT2D eigenvalue weighted by atomic mass is 16.6. The summed E-state index contributed by atoms with van der Waals surface area (Å²) in [6.45, 7) is 5.51. The summed E-state index contributed by atoms with van der Waals surface area (Å²) < 4.78 is 15.3. The smallest absolute Gasteiger partial charge is 0.408 e. The Labute approximate surface area is 130 Å². The Morgan fingerprint density at radius 1 is 1.18 bits per heavy atom. The van der Waals surface area contributed by atoms with Gasteiger partial charge < -0.3 is 19.5 Å². The molecule has 6 heteroatoms. The molecule has 1 aromatic rings. The lowest BCUT2D eigenvalue weighted by Crippen LogP contribution is -2.44. The van der Waals surface area contributed by atoms with E-state index in [1.165, 1.54) is 7.11 Å². The number of ether oxygens (including phenoxy) is 3. The van der Waals surface area contributed by atoms with Crippen molar-refractivity contribution in [3.8, 4) is 5.75 Å². The number of nitrogens with one attached hydrogen (secondary N) is 1. The summed E-state index contributed by atoms with van der Waals surface area (Å²) in [5.74, 6) is 0.158. The Balaban J connectivity index is 2.50. The molecule has 0 spiro atoms. The van der Waals surface area contributed by atoms with E-state index in [2.05, 4.69) is 10.1 Å². The Morgan fingerprint density at radius 2 is 1.82 bits per heavy atom. The maximum absolute atomic E-state index is 11.7. The molecule has 1 N–H and O–H groups in total. The molecule has 22 heavy (non-hydrogen) atoms. The van der Waals surface area contributed by atoms with E-state index in [0.29, 0.717) is 5.75 Å². The van der Waals surface area contributed by atoms with Gasteiger partial charge in [0.05, 0.1) is 13.7 Å². The Kier molecular flexibility index (Phi) is 6.69. The lowest BCUT2D eigenvalue weighted by atomic mass is 10.2. The lowest BCUT2D eigenvalue weighted by molar-refractivity contribution is -0.143. The van der Waals surface area contributed by atoms with E-state index < -0.39 is 23.7 Å². The predicted molar refractivity (Wildman–Crippen MR) is 81.7 cm³/mol. The third-order valence-electron chi connectivity index (χ3n) is 2.60. The number of esters is 1. The molecule has 0 saturated heterocycles. The second kappa shape index (κ2) is 8.26. The highest BCUT2D eigenvalue weighted by Crippen LogP contribution is 2.10. The topological polar surface area (TPSA) is 73.9 Å². The van der Waals surface area contributed by atoms with Gasteiger partial charge in [-0.3, -0.25) is 0 Å². The summed E-state index contributed by atoms with van der Waals surface area (Å²) in [5.41, 5.74) is -0.634. The predicted octanol–water partition coefficient (Wildman–Crippen LogP) is 2.52. The quantitative estimate of drug-likeness (QED) is 0.817. The van der Waals surface area contributed by atoms with Gasteiger partial charge in [0.2, 0.25) is 0 Å². The van der Waals surface area contributed by atoms with Crippen molar-refractivity contribution in [3.63, 3.8) is 0 Å². The molecule has 0 aliphatic heterocycles. The van der Waals surface area contributed by atoms with E-state index >= 15 is 0 Å². The zero-order valence-electron chi connectivity index (χ0n) is 13.4. The van der Waals surface area contributed by atoms with E-state index in [9.17, 15) is 9.59 Å². The average Bonchev–Trinajstić information content (AvgIpc) is 2.44. The normalized spacial score (nSPS) is 12.2. The standard InChI is InChI=1S/C16H23NO5/c1-16(2,3)22-15(19)17-13(14(18)20-4)10-11-21-12-8-6-5-7-9-12/h5-9,13H,10-11H2,1-4H3,(H,17,19)/t13-/m0/s1. The number of hydrogen-bond acceptors (Lipinski definition) is 5. The zero-order chi connectivity index (χ0) is 16.6. The third kappa shape index (κ3) is 6.97. The van der Waals surface area contributed by atoms with Gasteiger partial charge in [-0.1, -0.05) is 18.2 Å². The minimum Gasteiger partial charge on any atom is -0.494 e.